The Morgan fingerprint density at radius 2 is 2.38 bits per heavy atom. The highest BCUT2D eigenvalue weighted by molar-refractivity contribution is 7.10. The van der Waals surface area contributed by atoms with E-state index in [1.807, 2.05) is 25.3 Å². The van der Waals surface area contributed by atoms with Gasteiger partial charge in [0, 0.05) is 4.88 Å². The highest BCUT2D eigenvalue weighted by Gasteiger charge is 2.16. The molecule has 0 aliphatic carbocycles. The van der Waals surface area contributed by atoms with E-state index in [-0.39, 0.29) is 5.92 Å². The zero-order valence-electron chi connectivity index (χ0n) is 7.91. The Bertz CT molecular complexity index is 291. The fourth-order valence-corrected chi connectivity index (χ4v) is 2.23. The van der Waals surface area contributed by atoms with Crippen LogP contribution in [0.3, 0.4) is 0 Å². The molecule has 0 aromatic carbocycles. The Hall–Kier alpha value is -0.830. The molecule has 1 atom stereocenters. The predicted molar refractivity (Wildman–Crippen MR) is 54.2 cm³/mol. The van der Waals surface area contributed by atoms with E-state index in [0.717, 1.165) is 0 Å². The Morgan fingerprint density at radius 1 is 1.69 bits per heavy atom. The number of carboxylic acids is 1. The van der Waals surface area contributed by atoms with Gasteiger partial charge >= 0.3 is 5.97 Å². The normalized spacial score (nSPS) is 12.8. The summed E-state index contributed by atoms with van der Waals surface area (Å²) >= 11 is 1.65. The molecule has 1 aromatic rings. The molecule has 13 heavy (non-hydrogen) atoms. The van der Waals surface area contributed by atoms with Crippen molar-refractivity contribution in [2.75, 3.05) is 0 Å². The average Bonchev–Trinajstić information content (AvgIpc) is 2.46. The predicted octanol–water partition coefficient (Wildman–Crippen LogP) is 2.71. The van der Waals surface area contributed by atoms with Crippen LogP contribution in [0, 0.1) is 12.8 Å². The number of rotatable bonds is 4. The van der Waals surface area contributed by atoms with Gasteiger partial charge in [-0.3, -0.25) is 4.79 Å². The molecule has 0 radical (unpaired) electrons. The Morgan fingerprint density at radius 3 is 2.77 bits per heavy atom. The van der Waals surface area contributed by atoms with Gasteiger partial charge in [0.1, 0.15) is 0 Å². The zero-order valence-corrected chi connectivity index (χ0v) is 8.73. The van der Waals surface area contributed by atoms with Gasteiger partial charge in [-0.25, -0.2) is 0 Å². The van der Waals surface area contributed by atoms with Gasteiger partial charge in [-0.15, -0.1) is 11.3 Å². The number of hydrogen-bond acceptors (Lipinski definition) is 2. The van der Waals surface area contributed by atoms with Crippen LogP contribution in [-0.2, 0) is 11.2 Å². The third-order valence-corrected chi connectivity index (χ3v) is 3.29. The highest BCUT2D eigenvalue weighted by atomic mass is 32.1. The summed E-state index contributed by atoms with van der Waals surface area (Å²) in [5.74, 6) is -0.910. The molecule has 0 spiro atoms. The molecule has 0 bridgehead atoms. The second kappa shape index (κ2) is 4.42. The lowest BCUT2D eigenvalue weighted by atomic mass is 10.0. The van der Waals surface area contributed by atoms with Crippen LogP contribution in [0.2, 0.25) is 0 Å². The molecular formula is C10H14O2S. The molecule has 0 fully saturated rings. The molecule has 1 N–H and O–H groups in total. The summed E-state index contributed by atoms with van der Waals surface area (Å²) in [5, 5.41) is 10.9. The smallest absolute Gasteiger partial charge is 0.306 e. The fourth-order valence-electron chi connectivity index (χ4n) is 1.24. The van der Waals surface area contributed by atoms with E-state index in [0.29, 0.717) is 12.8 Å². The molecule has 3 heteroatoms. The summed E-state index contributed by atoms with van der Waals surface area (Å²) < 4.78 is 0. The van der Waals surface area contributed by atoms with Crippen molar-refractivity contribution in [3.8, 4) is 0 Å². The van der Waals surface area contributed by atoms with E-state index in [1.54, 1.807) is 11.3 Å². The number of carboxylic acid groups (broad SMARTS) is 1. The first-order valence-corrected chi connectivity index (χ1v) is 5.29. The van der Waals surface area contributed by atoms with Crippen molar-refractivity contribution in [2.45, 2.75) is 26.7 Å². The minimum atomic E-state index is -0.685. The summed E-state index contributed by atoms with van der Waals surface area (Å²) in [4.78, 5) is 12.0. The first kappa shape index (κ1) is 10.3. The molecule has 0 saturated heterocycles. The van der Waals surface area contributed by atoms with Crippen LogP contribution in [-0.4, -0.2) is 11.1 Å². The first-order chi connectivity index (χ1) is 6.15. The molecule has 0 saturated carbocycles. The van der Waals surface area contributed by atoms with Crippen LogP contribution in [0.1, 0.15) is 23.8 Å². The van der Waals surface area contributed by atoms with Gasteiger partial charge in [-0.05, 0) is 36.8 Å². The molecule has 2 nitrogen and oxygen atoms in total. The van der Waals surface area contributed by atoms with Gasteiger partial charge in [-0.2, -0.15) is 0 Å². The van der Waals surface area contributed by atoms with Crippen molar-refractivity contribution in [2.24, 2.45) is 5.92 Å². The second-order valence-corrected chi connectivity index (χ2v) is 4.17. The third kappa shape index (κ3) is 2.56. The monoisotopic (exact) mass is 198 g/mol. The first-order valence-electron chi connectivity index (χ1n) is 4.41. The lowest BCUT2D eigenvalue weighted by molar-refractivity contribution is -0.141. The minimum absolute atomic E-state index is 0.225. The van der Waals surface area contributed by atoms with Crippen LogP contribution < -0.4 is 0 Å². The maximum absolute atomic E-state index is 10.8. The largest absolute Gasteiger partial charge is 0.481 e. The molecule has 1 rings (SSSR count). The molecule has 0 amide bonds. The number of hydrogen-bond donors (Lipinski definition) is 1. The number of thiophene rings is 1. The molecule has 0 aliphatic rings. The summed E-state index contributed by atoms with van der Waals surface area (Å²) in [7, 11) is 0. The van der Waals surface area contributed by atoms with Crippen molar-refractivity contribution >= 4 is 17.3 Å². The zero-order chi connectivity index (χ0) is 9.84. The van der Waals surface area contributed by atoms with Crippen molar-refractivity contribution < 1.29 is 9.90 Å². The Labute approximate surface area is 82.2 Å². The van der Waals surface area contributed by atoms with Crippen LogP contribution in [0.25, 0.3) is 0 Å². The van der Waals surface area contributed by atoms with Crippen molar-refractivity contribution in [1.29, 1.82) is 0 Å². The number of aliphatic carboxylic acids is 1. The van der Waals surface area contributed by atoms with E-state index in [9.17, 15) is 4.79 Å². The van der Waals surface area contributed by atoms with Crippen LogP contribution in [0.15, 0.2) is 11.4 Å². The number of aryl methyl sites for hydroxylation is 1. The summed E-state index contributed by atoms with van der Waals surface area (Å²) in [6, 6.07) is 2.04. The van der Waals surface area contributed by atoms with Gasteiger partial charge in [0.05, 0.1) is 5.92 Å². The molecular weight excluding hydrogens is 184 g/mol. The van der Waals surface area contributed by atoms with E-state index in [2.05, 4.69) is 0 Å². The second-order valence-electron chi connectivity index (χ2n) is 3.17. The fraction of sp³-hybridized carbons (Fsp3) is 0.500. The van der Waals surface area contributed by atoms with Crippen molar-refractivity contribution in [3.05, 3.63) is 21.9 Å². The molecule has 0 aliphatic heterocycles. The maximum atomic E-state index is 10.8. The van der Waals surface area contributed by atoms with Crippen molar-refractivity contribution in [3.63, 3.8) is 0 Å². The number of carbonyl (C=O) groups is 1. The van der Waals surface area contributed by atoms with Crippen LogP contribution >= 0.6 is 11.3 Å². The SMILES string of the molecule is CCC(Cc1sccc1C)C(=O)O. The highest BCUT2D eigenvalue weighted by Crippen LogP contribution is 2.21. The van der Waals surface area contributed by atoms with Gasteiger partial charge in [-0.1, -0.05) is 6.92 Å². The maximum Gasteiger partial charge on any atom is 0.306 e. The molecule has 1 heterocycles. The molecule has 1 unspecified atom stereocenters. The summed E-state index contributed by atoms with van der Waals surface area (Å²) in [5.41, 5.74) is 1.21. The lowest BCUT2D eigenvalue weighted by Gasteiger charge is -2.08. The van der Waals surface area contributed by atoms with E-state index in [1.165, 1.54) is 10.4 Å². The van der Waals surface area contributed by atoms with Gasteiger partial charge in [0.15, 0.2) is 0 Å². The van der Waals surface area contributed by atoms with Crippen LogP contribution in [0.4, 0.5) is 0 Å². The van der Waals surface area contributed by atoms with Gasteiger partial charge in [0.25, 0.3) is 0 Å². The lowest BCUT2D eigenvalue weighted by Crippen LogP contribution is -2.15. The summed E-state index contributed by atoms with van der Waals surface area (Å²) in [6.07, 6.45) is 1.38. The van der Waals surface area contributed by atoms with E-state index < -0.39 is 5.97 Å². The van der Waals surface area contributed by atoms with Crippen LogP contribution in [0.5, 0.6) is 0 Å². The van der Waals surface area contributed by atoms with E-state index in [4.69, 9.17) is 5.11 Å². The Kier molecular flexibility index (Phi) is 3.48. The standard InChI is InChI=1S/C10H14O2S/c1-3-8(10(11)12)6-9-7(2)4-5-13-9/h4-5,8H,3,6H2,1-2H3,(H,11,12). The Balaban J connectivity index is 2.67. The topological polar surface area (TPSA) is 37.3 Å². The van der Waals surface area contributed by atoms with E-state index >= 15 is 0 Å². The minimum Gasteiger partial charge on any atom is -0.481 e. The van der Waals surface area contributed by atoms with Crippen molar-refractivity contribution in [1.82, 2.24) is 0 Å². The molecule has 72 valence electrons. The average molecular weight is 198 g/mol. The third-order valence-electron chi connectivity index (χ3n) is 2.24. The quantitative estimate of drug-likeness (QED) is 0.807. The van der Waals surface area contributed by atoms with Gasteiger partial charge in [0.2, 0.25) is 0 Å². The molecule has 1 aromatic heterocycles. The summed E-state index contributed by atoms with van der Waals surface area (Å²) in [6.45, 7) is 3.95. The van der Waals surface area contributed by atoms with Gasteiger partial charge < -0.3 is 5.11 Å².